The first-order chi connectivity index (χ1) is 14.8. The van der Waals surface area contributed by atoms with Gasteiger partial charge in [0.1, 0.15) is 17.7 Å². The summed E-state index contributed by atoms with van der Waals surface area (Å²) in [4.78, 5) is 31.1. The van der Waals surface area contributed by atoms with Crippen molar-refractivity contribution in [1.29, 1.82) is 0 Å². The molecular weight excluding hydrogens is 416 g/mol. The lowest BCUT2D eigenvalue weighted by Gasteiger charge is -2.36. The Kier molecular flexibility index (Phi) is 9.73. The van der Waals surface area contributed by atoms with E-state index in [0.717, 1.165) is 0 Å². The van der Waals surface area contributed by atoms with Gasteiger partial charge in [-0.3, -0.25) is 0 Å². The largest absolute Gasteiger partial charge is 0.461 e. The molecule has 2 rings (SSSR count). The van der Waals surface area contributed by atoms with Gasteiger partial charge < -0.3 is 9.64 Å². The lowest BCUT2D eigenvalue weighted by atomic mass is 9.98. The highest BCUT2D eigenvalue weighted by Crippen LogP contribution is 2.35. The van der Waals surface area contributed by atoms with Gasteiger partial charge in [0.2, 0.25) is 0 Å². The van der Waals surface area contributed by atoms with Gasteiger partial charge in [0, 0.05) is 11.4 Å². The van der Waals surface area contributed by atoms with E-state index in [9.17, 15) is 13.6 Å². The van der Waals surface area contributed by atoms with Crippen LogP contribution in [0, 0.1) is 45.2 Å². The standard InChI is InChI=1S/C24H31F2NO2.CO2/c1-13(2)23(24(28)29-14(3)4)27(19-9-15(5)21(25)16(6)10-19)20-11-17(7)22(26)18(8)12-20;2-1-3/h9-14,23H,1-8H3;. The van der Waals surface area contributed by atoms with E-state index in [0.29, 0.717) is 33.6 Å². The molecule has 0 saturated carbocycles. The van der Waals surface area contributed by atoms with Crippen LogP contribution in [0.3, 0.4) is 0 Å². The molecule has 0 aromatic heterocycles. The summed E-state index contributed by atoms with van der Waals surface area (Å²) in [6, 6.07) is 6.22. The average Bonchev–Trinajstić information content (AvgIpc) is 2.67. The quantitative estimate of drug-likeness (QED) is 0.529. The van der Waals surface area contributed by atoms with Crippen LogP contribution in [-0.2, 0) is 19.1 Å². The smallest absolute Gasteiger partial charge is 0.373 e. The number of hydrogen-bond donors (Lipinski definition) is 0. The third-order valence-electron chi connectivity index (χ3n) is 4.90. The van der Waals surface area contributed by atoms with Crippen LogP contribution < -0.4 is 4.90 Å². The maximum absolute atomic E-state index is 14.3. The molecule has 2 aromatic rings. The molecule has 0 saturated heterocycles. The van der Waals surface area contributed by atoms with Crippen molar-refractivity contribution in [2.45, 2.75) is 67.5 Å². The summed E-state index contributed by atoms with van der Waals surface area (Å²) in [5.74, 6) is -1.01. The Bertz CT molecular complexity index is 892. The second-order valence-corrected chi connectivity index (χ2v) is 8.41. The summed E-state index contributed by atoms with van der Waals surface area (Å²) in [5, 5.41) is 0. The molecule has 0 bridgehead atoms. The maximum Gasteiger partial charge on any atom is 0.373 e. The monoisotopic (exact) mass is 447 g/mol. The molecule has 0 spiro atoms. The molecule has 174 valence electrons. The maximum atomic E-state index is 14.3. The summed E-state index contributed by atoms with van der Waals surface area (Å²) < 4.78 is 34.1. The van der Waals surface area contributed by atoms with Gasteiger partial charge in [0.15, 0.2) is 0 Å². The summed E-state index contributed by atoms with van der Waals surface area (Å²) in [5.41, 5.74) is 3.29. The molecule has 0 aliphatic rings. The average molecular weight is 448 g/mol. The molecular formula is C25H31F2NO4. The Hall–Kier alpha value is -3.05. The number of halogens is 2. The Morgan fingerprint density at radius 1 is 0.812 bits per heavy atom. The molecule has 0 N–H and O–H groups in total. The van der Waals surface area contributed by atoms with Gasteiger partial charge in [0.25, 0.3) is 0 Å². The normalized spacial score (nSPS) is 11.5. The molecule has 0 amide bonds. The SMILES string of the molecule is Cc1cc(N(c2cc(C)c(F)c(C)c2)C(C(=O)OC(C)C)C(C)C)cc(C)c1F.O=C=O. The summed E-state index contributed by atoms with van der Waals surface area (Å²) in [7, 11) is 0. The molecule has 1 unspecified atom stereocenters. The number of ether oxygens (including phenoxy) is 1. The summed E-state index contributed by atoms with van der Waals surface area (Å²) in [6.45, 7) is 14.3. The van der Waals surface area contributed by atoms with Crippen LogP contribution in [0.4, 0.5) is 20.2 Å². The summed E-state index contributed by atoms with van der Waals surface area (Å²) >= 11 is 0. The number of benzene rings is 2. The van der Waals surface area contributed by atoms with Gasteiger partial charge in [-0.25, -0.2) is 13.6 Å². The molecule has 0 aliphatic carbocycles. The molecule has 0 radical (unpaired) electrons. The first-order valence-electron chi connectivity index (χ1n) is 10.4. The van der Waals surface area contributed by atoms with Crippen molar-refractivity contribution in [2.75, 3.05) is 4.90 Å². The lowest BCUT2D eigenvalue weighted by Crippen LogP contribution is -2.44. The van der Waals surface area contributed by atoms with Gasteiger partial charge in [0.05, 0.1) is 6.10 Å². The third kappa shape index (κ3) is 6.47. The predicted octanol–water partition coefficient (Wildman–Crippen LogP) is 5.73. The van der Waals surface area contributed by atoms with Crippen molar-refractivity contribution in [3.63, 3.8) is 0 Å². The van der Waals surface area contributed by atoms with E-state index in [1.165, 1.54) is 0 Å². The highest BCUT2D eigenvalue weighted by molar-refractivity contribution is 5.85. The molecule has 5 nitrogen and oxygen atoms in total. The van der Waals surface area contributed by atoms with Crippen LogP contribution in [0.1, 0.15) is 49.9 Å². The first kappa shape index (κ1) is 27.0. The predicted molar refractivity (Wildman–Crippen MR) is 119 cm³/mol. The van der Waals surface area contributed by atoms with Crippen LogP contribution in [0.2, 0.25) is 0 Å². The van der Waals surface area contributed by atoms with Crippen molar-refractivity contribution < 1.29 is 27.9 Å². The molecule has 32 heavy (non-hydrogen) atoms. The number of anilines is 2. The van der Waals surface area contributed by atoms with Crippen LogP contribution in [0.5, 0.6) is 0 Å². The summed E-state index contributed by atoms with van der Waals surface area (Å²) in [6.07, 6.45) is -0.0148. The van der Waals surface area contributed by atoms with E-state index in [-0.39, 0.29) is 35.8 Å². The van der Waals surface area contributed by atoms with E-state index in [4.69, 9.17) is 14.3 Å². The van der Waals surface area contributed by atoms with Gasteiger partial charge >= 0.3 is 12.1 Å². The Morgan fingerprint density at radius 2 is 1.12 bits per heavy atom. The molecule has 0 aliphatic heterocycles. The number of hydrogen-bond acceptors (Lipinski definition) is 5. The lowest BCUT2D eigenvalue weighted by molar-refractivity contribution is -0.191. The first-order valence-corrected chi connectivity index (χ1v) is 10.4. The van der Waals surface area contributed by atoms with Crippen LogP contribution >= 0.6 is 0 Å². The fraction of sp³-hybridized carbons (Fsp3) is 0.440. The zero-order valence-electron chi connectivity index (χ0n) is 19.9. The van der Waals surface area contributed by atoms with Crippen LogP contribution in [0.15, 0.2) is 24.3 Å². The van der Waals surface area contributed by atoms with Gasteiger partial charge in [-0.15, -0.1) is 0 Å². The fourth-order valence-electron chi connectivity index (χ4n) is 3.57. The molecule has 1 atom stereocenters. The Balaban J connectivity index is 0.00000161. The second kappa shape index (κ2) is 11.5. The van der Waals surface area contributed by atoms with Crippen LogP contribution in [-0.4, -0.2) is 24.3 Å². The molecule has 2 aromatic carbocycles. The minimum absolute atomic E-state index is 0.0995. The minimum Gasteiger partial charge on any atom is -0.461 e. The highest BCUT2D eigenvalue weighted by Gasteiger charge is 2.33. The van der Waals surface area contributed by atoms with E-state index >= 15 is 0 Å². The van der Waals surface area contributed by atoms with Gasteiger partial charge in [-0.1, -0.05) is 13.8 Å². The zero-order valence-corrected chi connectivity index (χ0v) is 19.9. The topological polar surface area (TPSA) is 63.7 Å². The molecule has 0 heterocycles. The molecule has 0 fully saturated rings. The van der Waals surface area contributed by atoms with Crippen molar-refractivity contribution in [1.82, 2.24) is 0 Å². The Morgan fingerprint density at radius 3 is 1.38 bits per heavy atom. The van der Waals surface area contributed by atoms with E-state index in [1.54, 1.807) is 65.8 Å². The van der Waals surface area contributed by atoms with Crippen molar-refractivity contribution in [2.24, 2.45) is 5.92 Å². The highest BCUT2D eigenvalue weighted by atomic mass is 19.1. The Labute approximate surface area is 188 Å². The van der Waals surface area contributed by atoms with Crippen molar-refractivity contribution in [3.8, 4) is 0 Å². The van der Waals surface area contributed by atoms with E-state index in [2.05, 4.69) is 0 Å². The number of nitrogens with zero attached hydrogens (tertiary/aromatic N) is 1. The number of rotatable bonds is 6. The van der Waals surface area contributed by atoms with Crippen molar-refractivity contribution >= 4 is 23.5 Å². The number of esters is 1. The number of carbonyl (C=O) groups excluding carboxylic acids is 3. The van der Waals surface area contributed by atoms with Crippen molar-refractivity contribution in [3.05, 3.63) is 58.2 Å². The second-order valence-electron chi connectivity index (χ2n) is 8.41. The third-order valence-corrected chi connectivity index (χ3v) is 4.90. The number of aryl methyl sites for hydroxylation is 4. The molecule has 7 heteroatoms. The zero-order chi connectivity index (χ0) is 24.7. The van der Waals surface area contributed by atoms with E-state index < -0.39 is 6.04 Å². The van der Waals surface area contributed by atoms with Crippen LogP contribution in [0.25, 0.3) is 0 Å². The number of carbonyl (C=O) groups is 1. The fourth-order valence-corrected chi connectivity index (χ4v) is 3.57. The minimum atomic E-state index is -0.647. The van der Waals surface area contributed by atoms with Gasteiger partial charge in [-0.05, 0) is 94.0 Å². The van der Waals surface area contributed by atoms with Gasteiger partial charge in [-0.2, -0.15) is 9.59 Å². The van der Waals surface area contributed by atoms with E-state index in [1.807, 2.05) is 18.7 Å².